The summed E-state index contributed by atoms with van der Waals surface area (Å²) in [5.74, 6) is 0.0217. The summed E-state index contributed by atoms with van der Waals surface area (Å²) in [4.78, 5) is 30.9. The number of benzene rings is 1. The zero-order valence-electron chi connectivity index (χ0n) is 15.7. The van der Waals surface area contributed by atoms with E-state index in [1.807, 2.05) is 30.3 Å². The number of hydrogen-bond acceptors (Lipinski definition) is 6. The molecule has 29 heavy (non-hydrogen) atoms. The molecule has 0 saturated carbocycles. The van der Waals surface area contributed by atoms with Crippen molar-refractivity contribution in [3.8, 4) is 0 Å². The van der Waals surface area contributed by atoms with E-state index in [1.54, 1.807) is 26.0 Å². The van der Waals surface area contributed by atoms with Crippen LogP contribution in [-0.2, 0) is 9.53 Å². The van der Waals surface area contributed by atoms with Gasteiger partial charge in [0.15, 0.2) is 4.80 Å². The van der Waals surface area contributed by atoms with Gasteiger partial charge in [-0.1, -0.05) is 39.4 Å². The van der Waals surface area contributed by atoms with E-state index in [4.69, 9.17) is 9.15 Å². The molecule has 1 aliphatic heterocycles. The van der Waals surface area contributed by atoms with Crippen molar-refractivity contribution in [2.24, 2.45) is 4.99 Å². The van der Waals surface area contributed by atoms with Gasteiger partial charge in [0.25, 0.3) is 5.56 Å². The highest BCUT2D eigenvalue weighted by molar-refractivity contribution is 9.10. The highest BCUT2D eigenvalue weighted by atomic mass is 79.9. The van der Waals surface area contributed by atoms with Crippen LogP contribution < -0.4 is 14.9 Å². The second kappa shape index (κ2) is 7.96. The molecule has 0 bridgehead atoms. The van der Waals surface area contributed by atoms with Gasteiger partial charge in [0.05, 0.1) is 23.0 Å². The van der Waals surface area contributed by atoms with Crippen LogP contribution in [0.5, 0.6) is 0 Å². The zero-order valence-corrected chi connectivity index (χ0v) is 18.1. The van der Waals surface area contributed by atoms with Crippen LogP contribution in [0.2, 0.25) is 0 Å². The number of allylic oxidation sites excluding steroid dienone is 1. The summed E-state index contributed by atoms with van der Waals surface area (Å²) in [5, 5.41) is 0. The molecular formula is C21H17BrN2O4S. The van der Waals surface area contributed by atoms with E-state index in [2.05, 4.69) is 20.9 Å². The molecule has 3 aromatic rings. The summed E-state index contributed by atoms with van der Waals surface area (Å²) >= 11 is 4.72. The van der Waals surface area contributed by atoms with Crippen molar-refractivity contribution in [1.82, 2.24) is 4.57 Å². The fourth-order valence-electron chi connectivity index (χ4n) is 3.22. The monoisotopic (exact) mass is 472 g/mol. The molecular weight excluding hydrogens is 456 g/mol. The summed E-state index contributed by atoms with van der Waals surface area (Å²) in [6, 6.07) is 10.5. The number of rotatable bonds is 4. The second-order valence-corrected chi connectivity index (χ2v) is 8.28. The van der Waals surface area contributed by atoms with E-state index in [1.165, 1.54) is 22.2 Å². The van der Waals surface area contributed by atoms with Crippen LogP contribution in [0, 0.1) is 0 Å². The van der Waals surface area contributed by atoms with E-state index in [9.17, 15) is 9.59 Å². The van der Waals surface area contributed by atoms with E-state index in [-0.39, 0.29) is 12.2 Å². The van der Waals surface area contributed by atoms with Crippen LogP contribution in [0.3, 0.4) is 0 Å². The van der Waals surface area contributed by atoms with Gasteiger partial charge < -0.3 is 9.15 Å². The molecule has 148 valence electrons. The van der Waals surface area contributed by atoms with Gasteiger partial charge in [-0.05, 0) is 49.8 Å². The fraction of sp³-hybridized carbons (Fsp3) is 0.190. The maximum Gasteiger partial charge on any atom is 0.338 e. The Morgan fingerprint density at radius 2 is 2.21 bits per heavy atom. The average molecular weight is 473 g/mol. The molecule has 0 unspecified atom stereocenters. The lowest BCUT2D eigenvalue weighted by Crippen LogP contribution is -2.35. The van der Waals surface area contributed by atoms with E-state index < -0.39 is 12.0 Å². The van der Waals surface area contributed by atoms with Crippen LogP contribution in [0.4, 0.5) is 0 Å². The number of halogens is 1. The van der Waals surface area contributed by atoms with Crippen molar-refractivity contribution in [1.29, 1.82) is 0 Å². The molecule has 0 aliphatic carbocycles. The van der Waals surface area contributed by atoms with Gasteiger partial charge in [-0.15, -0.1) is 0 Å². The van der Waals surface area contributed by atoms with Gasteiger partial charge in [-0.25, -0.2) is 9.79 Å². The Hall–Kier alpha value is -2.71. The third-order valence-corrected chi connectivity index (χ3v) is 5.98. The Morgan fingerprint density at radius 1 is 1.38 bits per heavy atom. The minimum absolute atomic E-state index is 0.217. The number of furan rings is 1. The number of hydrogen-bond donors (Lipinski definition) is 0. The van der Waals surface area contributed by atoms with Gasteiger partial charge in [0.2, 0.25) is 0 Å². The molecule has 2 aromatic heterocycles. The number of fused-ring (bicyclic) bond motifs is 1. The number of esters is 1. The van der Waals surface area contributed by atoms with Crippen LogP contribution in [-0.4, -0.2) is 17.1 Å². The van der Waals surface area contributed by atoms with Crippen LogP contribution in [0.25, 0.3) is 11.8 Å². The number of aromatic nitrogens is 1. The van der Waals surface area contributed by atoms with Gasteiger partial charge in [0, 0.05) is 10.2 Å². The zero-order chi connectivity index (χ0) is 20.5. The lowest BCUT2D eigenvalue weighted by atomic mass is 10.0. The molecule has 8 heteroatoms. The van der Waals surface area contributed by atoms with Gasteiger partial charge in [-0.3, -0.25) is 9.36 Å². The maximum atomic E-state index is 13.1. The first-order valence-corrected chi connectivity index (χ1v) is 10.6. The van der Waals surface area contributed by atoms with Crippen molar-refractivity contribution >= 4 is 45.0 Å². The smallest absolute Gasteiger partial charge is 0.338 e. The van der Waals surface area contributed by atoms with Gasteiger partial charge in [-0.2, -0.15) is 0 Å². The standard InChI is InChI=1S/C21H17BrN2O4S/c1-3-27-20(26)17-12(2)24-19(25)16(11-13-6-4-7-14(22)10-13)29-21(24)23-18(17)15-8-5-9-28-15/h4-11,18H,3H2,1-2H3/b16-11-/t18-/m0/s1. The minimum Gasteiger partial charge on any atom is -0.467 e. The van der Waals surface area contributed by atoms with Crippen molar-refractivity contribution in [2.75, 3.05) is 6.61 Å². The molecule has 0 radical (unpaired) electrons. The highest BCUT2D eigenvalue weighted by Crippen LogP contribution is 2.32. The lowest BCUT2D eigenvalue weighted by molar-refractivity contribution is -0.138. The normalized spacial score (nSPS) is 16.5. The average Bonchev–Trinajstić information content (AvgIpc) is 3.31. The third-order valence-electron chi connectivity index (χ3n) is 4.50. The third kappa shape index (κ3) is 3.65. The summed E-state index contributed by atoms with van der Waals surface area (Å²) in [6.07, 6.45) is 3.35. The maximum absolute atomic E-state index is 13.1. The van der Waals surface area contributed by atoms with Crippen molar-refractivity contribution < 1.29 is 13.9 Å². The summed E-state index contributed by atoms with van der Waals surface area (Å²) < 4.78 is 13.7. The van der Waals surface area contributed by atoms with Gasteiger partial charge >= 0.3 is 5.97 Å². The molecule has 0 spiro atoms. The van der Waals surface area contributed by atoms with Crippen LogP contribution >= 0.6 is 27.3 Å². The largest absolute Gasteiger partial charge is 0.467 e. The van der Waals surface area contributed by atoms with Crippen molar-refractivity contribution in [3.05, 3.63) is 83.7 Å². The Kier molecular flexibility index (Phi) is 5.38. The molecule has 0 amide bonds. The molecule has 0 fully saturated rings. The number of thiazole rings is 1. The number of carbonyl (C=O) groups is 1. The van der Waals surface area contributed by atoms with Crippen molar-refractivity contribution in [2.45, 2.75) is 19.9 Å². The molecule has 6 nitrogen and oxygen atoms in total. The Balaban J connectivity index is 1.95. The topological polar surface area (TPSA) is 73.8 Å². The van der Waals surface area contributed by atoms with E-state index in [0.29, 0.717) is 26.4 Å². The SMILES string of the molecule is CCOC(=O)C1=C(C)n2c(s/c(=C\c3cccc(Br)c3)c2=O)=N[C@H]1c1ccco1. The first-order valence-electron chi connectivity index (χ1n) is 8.98. The molecule has 0 N–H and O–H groups in total. The van der Waals surface area contributed by atoms with E-state index >= 15 is 0 Å². The molecule has 0 saturated heterocycles. The lowest BCUT2D eigenvalue weighted by Gasteiger charge is -2.20. The second-order valence-electron chi connectivity index (χ2n) is 6.36. The Morgan fingerprint density at radius 3 is 2.90 bits per heavy atom. The molecule has 1 atom stereocenters. The molecule has 1 aromatic carbocycles. The number of nitrogens with zero attached hydrogens (tertiary/aromatic N) is 2. The van der Waals surface area contributed by atoms with Gasteiger partial charge in [0.1, 0.15) is 11.8 Å². The molecule has 3 heterocycles. The summed E-state index contributed by atoms with van der Waals surface area (Å²) in [7, 11) is 0. The van der Waals surface area contributed by atoms with Crippen LogP contribution in [0.15, 0.2) is 66.9 Å². The molecule has 1 aliphatic rings. The minimum atomic E-state index is -0.652. The molecule has 4 rings (SSSR count). The van der Waals surface area contributed by atoms with Crippen LogP contribution in [0.1, 0.15) is 31.2 Å². The number of ether oxygens (including phenoxy) is 1. The summed E-state index contributed by atoms with van der Waals surface area (Å²) in [6.45, 7) is 3.70. The fourth-order valence-corrected chi connectivity index (χ4v) is 4.67. The highest BCUT2D eigenvalue weighted by Gasteiger charge is 2.32. The Bertz CT molecular complexity index is 1280. The number of carbonyl (C=O) groups excluding carboxylic acids is 1. The van der Waals surface area contributed by atoms with Crippen molar-refractivity contribution in [3.63, 3.8) is 0 Å². The first-order chi connectivity index (χ1) is 14.0. The summed E-state index contributed by atoms with van der Waals surface area (Å²) in [5.41, 5.74) is 1.49. The first kappa shape index (κ1) is 19.6. The quantitative estimate of drug-likeness (QED) is 0.546. The predicted octanol–water partition coefficient (Wildman–Crippen LogP) is 3.26. The predicted molar refractivity (Wildman–Crippen MR) is 114 cm³/mol. The Labute approximate surface area is 178 Å². The van der Waals surface area contributed by atoms with E-state index in [0.717, 1.165) is 10.0 Å².